The molecule has 2 aromatic rings. The number of rotatable bonds is 9. The topological polar surface area (TPSA) is 63.0 Å². The first-order chi connectivity index (χ1) is 13.4. The summed E-state index contributed by atoms with van der Waals surface area (Å²) in [6, 6.07) is 16.8. The van der Waals surface area contributed by atoms with E-state index in [0.29, 0.717) is 11.6 Å². The van der Waals surface area contributed by atoms with Gasteiger partial charge in [-0.3, -0.25) is 5.32 Å². The van der Waals surface area contributed by atoms with E-state index < -0.39 is 11.7 Å². The molecule has 1 atom stereocenters. The average Bonchev–Trinajstić information content (AvgIpc) is 2.68. The molecule has 1 unspecified atom stereocenters. The normalized spacial score (nSPS) is 13.5. The Hall–Kier alpha value is -2.69. The maximum absolute atomic E-state index is 12.3. The Bertz CT molecular complexity index is 757. The Morgan fingerprint density at radius 1 is 1.04 bits per heavy atom. The van der Waals surface area contributed by atoms with Gasteiger partial charge in [-0.05, 0) is 68.5 Å². The molecular weight excluding hydrogens is 350 g/mol. The molecule has 5 nitrogen and oxygen atoms in total. The standard InChI is InChI=1S/C23H31N3O2/c1-5-23(4,17-9-10-18(2)3)28-22(27)24-19-13-15-21(16-14-19)26-25-20-11-7-6-8-12-20/h6-8,11-16,18H,5,9-10,17H2,1-4H3,(H,24,27). The minimum atomic E-state index is -0.442. The van der Waals surface area contributed by atoms with Crippen LogP contribution >= 0.6 is 0 Å². The molecule has 0 aromatic heterocycles. The molecule has 0 heterocycles. The number of hydrogen-bond acceptors (Lipinski definition) is 4. The van der Waals surface area contributed by atoms with Gasteiger partial charge in [0, 0.05) is 5.69 Å². The minimum absolute atomic E-state index is 0.424. The molecule has 0 aliphatic carbocycles. The first kappa shape index (κ1) is 21.6. The molecule has 0 saturated heterocycles. The monoisotopic (exact) mass is 381 g/mol. The highest BCUT2D eigenvalue weighted by atomic mass is 16.6. The van der Waals surface area contributed by atoms with Gasteiger partial charge in [-0.25, -0.2) is 4.79 Å². The second-order valence-electron chi connectivity index (χ2n) is 7.69. The van der Waals surface area contributed by atoms with Gasteiger partial charge in [0.25, 0.3) is 0 Å². The van der Waals surface area contributed by atoms with Gasteiger partial charge in [0.1, 0.15) is 5.60 Å². The quantitative estimate of drug-likeness (QED) is 0.453. The number of carbonyl (C=O) groups is 1. The maximum atomic E-state index is 12.3. The summed E-state index contributed by atoms with van der Waals surface area (Å²) in [4.78, 5) is 12.3. The zero-order valence-electron chi connectivity index (χ0n) is 17.3. The third-order valence-corrected chi connectivity index (χ3v) is 4.72. The van der Waals surface area contributed by atoms with Crippen molar-refractivity contribution in [3.05, 3.63) is 54.6 Å². The molecule has 0 radical (unpaired) electrons. The van der Waals surface area contributed by atoms with E-state index in [1.165, 1.54) is 0 Å². The van der Waals surface area contributed by atoms with E-state index in [1.807, 2.05) is 49.4 Å². The molecule has 2 rings (SSSR count). The van der Waals surface area contributed by atoms with Crippen LogP contribution in [0.4, 0.5) is 21.9 Å². The van der Waals surface area contributed by atoms with Gasteiger partial charge in [-0.2, -0.15) is 10.2 Å². The molecule has 0 fully saturated rings. The number of nitrogens with zero attached hydrogens (tertiary/aromatic N) is 2. The van der Waals surface area contributed by atoms with E-state index in [4.69, 9.17) is 4.74 Å². The van der Waals surface area contributed by atoms with Crippen molar-refractivity contribution in [3.8, 4) is 0 Å². The minimum Gasteiger partial charge on any atom is -0.443 e. The smallest absolute Gasteiger partial charge is 0.412 e. The predicted octanol–water partition coefficient (Wildman–Crippen LogP) is 7.65. The fraction of sp³-hybridized carbons (Fsp3) is 0.435. The van der Waals surface area contributed by atoms with E-state index in [-0.39, 0.29) is 0 Å². The molecule has 5 heteroatoms. The molecule has 1 amide bonds. The summed E-state index contributed by atoms with van der Waals surface area (Å²) in [5.41, 5.74) is 1.74. The Balaban J connectivity index is 1.88. The molecule has 1 N–H and O–H groups in total. The lowest BCUT2D eigenvalue weighted by Gasteiger charge is -2.28. The number of carbonyl (C=O) groups excluding carboxylic acids is 1. The van der Waals surface area contributed by atoms with Crippen LogP contribution in [0.2, 0.25) is 0 Å². The van der Waals surface area contributed by atoms with Crippen LogP contribution in [0.25, 0.3) is 0 Å². The summed E-state index contributed by atoms with van der Waals surface area (Å²) in [5.74, 6) is 0.660. The summed E-state index contributed by atoms with van der Waals surface area (Å²) in [6.07, 6.45) is 3.42. The van der Waals surface area contributed by atoms with Crippen molar-refractivity contribution in [2.24, 2.45) is 16.1 Å². The van der Waals surface area contributed by atoms with Crippen LogP contribution < -0.4 is 5.32 Å². The Labute approximate surface area is 168 Å². The largest absolute Gasteiger partial charge is 0.443 e. The summed E-state index contributed by atoms with van der Waals surface area (Å²) in [6.45, 7) is 8.47. The Morgan fingerprint density at radius 2 is 1.64 bits per heavy atom. The molecule has 0 bridgehead atoms. The van der Waals surface area contributed by atoms with Crippen LogP contribution in [0.1, 0.15) is 53.4 Å². The van der Waals surface area contributed by atoms with Crippen LogP contribution in [-0.4, -0.2) is 11.7 Å². The maximum Gasteiger partial charge on any atom is 0.412 e. The van der Waals surface area contributed by atoms with Gasteiger partial charge in [-0.15, -0.1) is 0 Å². The van der Waals surface area contributed by atoms with Crippen LogP contribution in [-0.2, 0) is 4.74 Å². The Kier molecular flexibility index (Phi) is 8.18. The summed E-state index contributed by atoms with van der Waals surface area (Å²) in [5, 5.41) is 11.2. The van der Waals surface area contributed by atoms with E-state index in [0.717, 1.165) is 37.1 Å². The SMILES string of the molecule is CCC(C)(CCCC(C)C)OC(=O)Nc1ccc(N=Nc2ccccc2)cc1. The molecule has 2 aromatic carbocycles. The van der Waals surface area contributed by atoms with E-state index in [1.54, 1.807) is 12.1 Å². The van der Waals surface area contributed by atoms with E-state index in [9.17, 15) is 4.79 Å². The zero-order valence-corrected chi connectivity index (χ0v) is 17.3. The van der Waals surface area contributed by atoms with Crippen molar-refractivity contribution in [1.82, 2.24) is 0 Å². The van der Waals surface area contributed by atoms with Gasteiger partial charge < -0.3 is 4.74 Å². The molecule has 28 heavy (non-hydrogen) atoms. The van der Waals surface area contributed by atoms with Crippen LogP contribution in [0, 0.1) is 5.92 Å². The second-order valence-corrected chi connectivity index (χ2v) is 7.69. The number of ether oxygens (including phenoxy) is 1. The number of nitrogens with one attached hydrogen (secondary N) is 1. The fourth-order valence-electron chi connectivity index (χ4n) is 2.77. The predicted molar refractivity (Wildman–Crippen MR) is 115 cm³/mol. The lowest BCUT2D eigenvalue weighted by Crippen LogP contribution is -2.33. The van der Waals surface area contributed by atoms with Crippen molar-refractivity contribution in [1.29, 1.82) is 0 Å². The molecule has 0 aliphatic rings. The number of benzene rings is 2. The lowest BCUT2D eigenvalue weighted by atomic mass is 9.93. The van der Waals surface area contributed by atoms with Gasteiger partial charge in [0.2, 0.25) is 0 Å². The molecule has 0 saturated carbocycles. The van der Waals surface area contributed by atoms with Gasteiger partial charge in [-0.1, -0.05) is 45.4 Å². The van der Waals surface area contributed by atoms with Crippen molar-refractivity contribution in [2.75, 3.05) is 5.32 Å². The van der Waals surface area contributed by atoms with Gasteiger partial charge in [0.05, 0.1) is 11.4 Å². The van der Waals surface area contributed by atoms with Gasteiger partial charge >= 0.3 is 6.09 Å². The van der Waals surface area contributed by atoms with E-state index >= 15 is 0 Å². The third kappa shape index (κ3) is 7.51. The lowest BCUT2D eigenvalue weighted by molar-refractivity contribution is 0.0219. The van der Waals surface area contributed by atoms with Crippen molar-refractivity contribution >= 4 is 23.2 Å². The number of amides is 1. The van der Waals surface area contributed by atoms with Crippen molar-refractivity contribution in [2.45, 2.75) is 59.0 Å². The number of azo groups is 1. The highest BCUT2D eigenvalue weighted by Gasteiger charge is 2.26. The van der Waals surface area contributed by atoms with Crippen LogP contribution in [0.15, 0.2) is 64.8 Å². The van der Waals surface area contributed by atoms with E-state index in [2.05, 4.69) is 36.3 Å². The summed E-state index contributed by atoms with van der Waals surface area (Å²) >= 11 is 0. The third-order valence-electron chi connectivity index (χ3n) is 4.72. The van der Waals surface area contributed by atoms with Crippen molar-refractivity contribution < 1.29 is 9.53 Å². The average molecular weight is 382 g/mol. The first-order valence-corrected chi connectivity index (χ1v) is 9.97. The highest BCUT2D eigenvalue weighted by molar-refractivity contribution is 5.85. The van der Waals surface area contributed by atoms with Crippen molar-refractivity contribution in [3.63, 3.8) is 0 Å². The molecule has 0 spiro atoms. The van der Waals surface area contributed by atoms with Gasteiger partial charge in [0.15, 0.2) is 0 Å². The molecular formula is C23H31N3O2. The highest BCUT2D eigenvalue weighted by Crippen LogP contribution is 2.25. The molecule has 150 valence electrons. The Morgan fingerprint density at radius 3 is 2.21 bits per heavy atom. The number of anilines is 1. The molecule has 0 aliphatic heterocycles. The van der Waals surface area contributed by atoms with Crippen LogP contribution in [0.3, 0.4) is 0 Å². The summed E-state index contributed by atoms with van der Waals surface area (Å²) in [7, 11) is 0. The summed E-state index contributed by atoms with van der Waals surface area (Å²) < 4.78 is 5.72. The van der Waals surface area contributed by atoms with Crippen LogP contribution in [0.5, 0.6) is 0 Å². The second kappa shape index (κ2) is 10.6. The number of hydrogen-bond donors (Lipinski definition) is 1. The first-order valence-electron chi connectivity index (χ1n) is 9.97. The fourth-order valence-corrected chi connectivity index (χ4v) is 2.77. The zero-order chi connectivity index (χ0) is 20.4.